The van der Waals surface area contributed by atoms with E-state index in [9.17, 15) is 22.4 Å². The predicted octanol–water partition coefficient (Wildman–Crippen LogP) is 5.03. The van der Waals surface area contributed by atoms with Crippen molar-refractivity contribution in [3.8, 4) is 0 Å². The number of para-hydroxylation sites is 1. The van der Waals surface area contributed by atoms with E-state index in [1.165, 1.54) is 46.8 Å². The second-order valence-electron chi connectivity index (χ2n) is 7.76. The highest BCUT2D eigenvalue weighted by atomic mass is 32.1. The lowest BCUT2D eigenvalue weighted by molar-refractivity contribution is -0.136. The van der Waals surface area contributed by atoms with Gasteiger partial charge < -0.3 is 15.1 Å². The Morgan fingerprint density at radius 1 is 1.15 bits per heavy atom. The molecule has 2 amide bonds. The van der Waals surface area contributed by atoms with Gasteiger partial charge in [-0.05, 0) is 36.8 Å². The third-order valence-corrected chi connectivity index (χ3v) is 6.18. The molecular formula is C22H21F4N5OS. The molecule has 3 aromatic rings. The summed E-state index contributed by atoms with van der Waals surface area (Å²) in [6.45, 7) is 3.11. The van der Waals surface area contributed by atoms with Crippen molar-refractivity contribution < 1.29 is 22.4 Å². The van der Waals surface area contributed by atoms with Gasteiger partial charge in [-0.2, -0.15) is 17.5 Å². The highest BCUT2D eigenvalue weighted by Gasteiger charge is 2.35. The monoisotopic (exact) mass is 479 g/mol. The standard InChI is InChI=1S/C22H21F4N5OS/c1-14-13-30(21-28-19(29-33-21)12-15-6-8-16(23)9-7-15)10-11-31(14)20(32)27-18-5-3-2-4-17(18)22(24,25)26/h2-9,14H,10-13H2,1H3,(H,27,32). The maximum absolute atomic E-state index is 13.2. The number of piperazine rings is 1. The Kier molecular flexibility index (Phi) is 6.50. The number of aromatic nitrogens is 2. The van der Waals surface area contributed by atoms with E-state index in [0.29, 0.717) is 37.0 Å². The van der Waals surface area contributed by atoms with E-state index < -0.39 is 17.8 Å². The number of hydrogen-bond donors (Lipinski definition) is 1. The summed E-state index contributed by atoms with van der Waals surface area (Å²) in [5.41, 5.74) is -0.249. The molecule has 1 unspecified atom stereocenters. The summed E-state index contributed by atoms with van der Waals surface area (Å²) in [7, 11) is 0. The summed E-state index contributed by atoms with van der Waals surface area (Å²) in [5, 5.41) is 3.11. The zero-order valence-electron chi connectivity index (χ0n) is 17.6. The number of carbonyl (C=O) groups excluding carboxylic acids is 1. The second kappa shape index (κ2) is 9.34. The molecule has 2 heterocycles. The van der Waals surface area contributed by atoms with Gasteiger partial charge in [-0.15, -0.1) is 0 Å². The number of alkyl halides is 3. The minimum atomic E-state index is -4.56. The molecule has 4 rings (SSSR count). The number of amides is 2. The van der Waals surface area contributed by atoms with Crippen molar-refractivity contribution in [2.24, 2.45) is 0 Å². The number of urea groups is 1. The SMILES string of the molecule is CC1CN(c2nc(Cc3ccc(F)cc3)ns2)CCN1C(=O)Nc1ccccc1C(F)(F)F. The van der Waals surface area contributed by atoms with Crippen LogP contribution in [0.15, 0.2) is 48.5 Å². The Hall–Kier alpha value is -3.21. The molecule has 1 saturated heterocycles. The fraction of sp³-hybridized carbons (Fsp3) is 0.318. The molecule has 0 radical (unpaired) electrons. The van der Waals surface area contributed by atoms with Crippen LogP contribution in [-0.4, -0.2) is 46.0 Å². The van der Waals surface area contributed by atoms with Gasteiger partial charge in [0.15, 0.2) is 0 Å². The van der Waals surface area contributed by atoms with E-state index in [-0.39, 0.29) is 17.5 Å². The summed E-state index contributed by atoms with van der Waals surface area (Å²) in [6.07, 6.45) is -4.08. The quantitative estimate of drug-likeness (QED) is 0.534. The van der Waals surface area contributed by atoms with Gasteiger partial charge in [0.25, 0.3) is 0 Å². The summed E-state index contributed by atoms with van der Waals surface area (Å²) in [5.74, 6) is 0.321. The first-order valence-corrected chi connectivity index (χ1v) is 11.0. The number of nitrogens with zero attached hydrogens (tertiary/aromatic N) is 4. The van der Waals surface area contributed by atoms with E-state index in [2.05, 4.69) is 14.7 Å². The van der Waals surface area contributed by atoms with Crippen molar-refractivity contribution in [1.29, 1.82) is 0 Å². The summed E-state index contributed by atoms with van der Waals surface area (Å²) in [4.78, 5) is 20.8. The summed E-state index contributed by atoms with van der Waals surface area (Å²) < 4.78 is 57.1. The minimum Gasteiger partial charge on any atom is -0.343 e. The largest absolute Gasteiger partial charge is 0.418 e. The number of rotatable bonds is 4. The summed E-state index contributed by atoms with van der Waals surface area (Å²) in [6, 6.07) is 10.2. The van der Waals surface area contributed by atoms with Crippen LogP contribution in [-0.2, 0) is 12.6 Å². The van der Waals surface area contributed by atoms with Crippen molar-refractivity contribution in [1.82, 2.24) is 14.3 Å². The molecule has 0 saturated carbocycles. The molecule has 11 heteroatoms. The van der Waals surface area contributed by atoms with Crippen LogP contribution in [0.1, 0.15) is 23.9 Å². The van der Waals surface area contributed by atoms with Gasteiger partial charge in [0, 0.05) is 43.6 Å². The van der Waals surface area contributed by atoms with Crippen molar-refractivity contribution in [2.45, 2.75) is 25.6 Å². The molecule has 1 aromatic heterocycles. The topological polar surface area (TPSA) is 61.4 Å². The zero-order valence-corrected chi connectivity index (χ0v) is 18.5. The molecule has 1 N–H and O–H groups in total. The van der Waals surface area contributed by atoms with E-state index >= 15 is 0 Å². The lowest BCUT2D eigenvalue weighted by Gasteiger charge is -2.39. The Balaban J connectivity index is 1.38. The molecule has 1 aliphatic rings. The smallest absolute Gasteiger partial charge is 0.343 e. The molecule has 33 heavy (non-hydrogen) atoms. The van der Waals surface area contributed by atoms with Crippen LogP contribution < -0.4 is 10.2 Å². The van der Waals surface area contributed by atoms with E-state index in [4.69, 9.17) is 0 Å². The van der Waals surface area contributed by atoms with Crippen molar-refractivity contribution in [3.63, 3.8) is 0 Å². The number of halogens is 4. The lowest BCUT2D eigenvalue weighted by atomic mass is 10.1. The third-order valence-electron chi connectivity index (χ3n) is 5.37. The molecular weight excluding hydrogens is 458 g/mol. The Morgan fingerprint density at radius 3 is 2.58 bits per heavy atom. The van der Waals surface area contributed by atoms with Gasteiger partial charge in [-0.3, -0.25) is 0 Å². The van der Waals surface area contributed by atoms with Crippen LogP contribution in [0.2, 0.25) is 0 Å². The van der Waals surface area contributed by atoms with Crippen LogP contribution >= 0.6 is 11.5 Å². The average Bonchev–Trinajstić information content (AvgIpc) is 3.23. The average molecular weight is 480 g/mol. The Labute approximate surface area is 192 Å². The second-order valence-corrected chi connectivity index (χ2v) is 8.49. The van der Waals surface area contributed by atoms with Crippen molar-refractivity contribution in [3.05, 3.63) is 71.3 Å². The number of benzene rings is 2. The molecule has 6 nitrogen and oxygen atoms in total. The molecule has 2 aromatic carbocycles. The van der Waals surface area contributed by atoms with Crippen LogP contribution in [0.3, 0.4) is 0 Å². The lowest BCUT2D eigenvalue weighted by Crippen LogP contribution is -2.55. The molecule has 1 atom stereocenters. The van der Waals surface area contributed by atoms with Gasteiger partial charge in [-0.25, -0.2) is 14.2 Å². The number of anilines is 2. The molecule has 0 spiro atoms. The number of hydrogen-bond acceptors (Lipinski definition) is 5. The normalized spacial score (nSPS) is 16.7. The van der Waals surface area contributed by atoms with E-state index in [1.54, 1.807) is 12.1 Å². The predicted molar refractivity (Wildman–Crippen MR) is 118 cm³/mol. The number of nitrogens with one attached hydrogen (secondary N) is 1. The first kappa shape index (κ1) is 23.0. The zero-order chi connectivity index (χ0) is 23.6. The van der Waals surface area contributed by atoms with E-state index in [1.807, 2.05) is 11.8 Å². The van der Waals surface area contributed by atoms with Gasteiger partial charge in [-0.1, -0.05) is 24.3 Å². The van der Waals surface area contributed by atoms with Gasteiger partial charge in [0.1, 0.15) is 11.6 Å². The van der Waals surface area contributed by atoms with Crippen LogP contribution in [0.25, 0.3) is 0 Å². The van der Waals surface area contributed by atoms with Crippen molar-refractivity contribution in [2.75, 3.05) is 29.9 Å². The van der Waals surface area contributed by atoms with Crippen molar-refractivity contribution >= 4 is 28.4 Å². The Morgan fingerprint density at radius 2 is 1.88 bits per heavy atom. The number of carbonyl (C=O) groups is 1. The highest BCUT2D eigenvalue weighted by molar-refractivity contribution is 7.09. The molecule has 1 aliphatic heterocycles. The molecule has 1 fully saturated rings. The molecule has 174 valence electrons. The molecule has 0 aliphatic carbocycles. The fourth-order valence-electron chi connectivity index (χ4n) is 3.69. The third kappa shape index (κ3) is 5.41. The van der Waals surface area contributed by atoms with Crippen LogP contribution in [0.4, 0.5) is 33.2 Å². The van der Waals surface area contributed by atoms with Gasteiger partial charge >= 0.3 is 12.2 Å². The van der Waals surface area contributed by atoms with Gasteiger partial charge in [0.2, 0.25) is 5.13 Å². The van der Waals surface area contributed by atoms with Crippen LogP contribution in [0.5, 0.6) is 0 Å². The Bertz CT molecular complexity index is 1120. The van der Waals surface area contributed by atoms with Gasteiger partial charge in [0.05, 0.1) is 11.3 Å². The molecule has 0 bridgehead atoms. The first-order chi connectivity index (χ1) is 15.7. The maximum atomic E-state index is 13.2. The summed E-state index contributed by atoms with van der Waals surface area (Å²) >= 11 is 1.24. The first-order valence-electron chi connectivity index (χ1n) is 10.3. The van der Waals surface area contributed by atoms with Crippen LogP contribution in [0, 0.1) is 5.82 Å². The highest BCUT2D eigenvalue weighted by Crippen LogP contribution is 2.34. The maximum Gasteiger partial charge on any atom is 0.418 e. The minimum absolute atomic E-state index is 0.249. The fourth-order valence-corrected chi connectivity index (χ4v) is 4.41. The van der Waals surface area contributed by atoms with E-state index in [0.717, 1.165) is 11.6 Å².